The topological polar surface area (TPSA) is 55.0 Å². The van der Waals surface area contributed by atoms with Crippen LogP contribution in [0.3, 0.4) is 0 Å². The van der Waals surface area contributed by atoms with E-state index < -0.39 is 0 Å². The Balaban J connectivity index is 1.92. The molecule has 3 aromatic rings. The van der Waals surface area contributed by atoms with Crippen LogP contribution in [0.1, 0.15) is 22.4 Å². The van der Waals surface area contributed by atoms with Crippen LogP contribution in [-0.2, 0) is 13.0 Å². The number of rotatable bonds is 6. The summed E-state index contributed by atoms with van der Waals surface area (Å²) in [6.07, 6.45) is 4.27. The SMILES string of the molecule is COc1cccc(/C=C/c2c(Cl)cc(Cl)c(=O)n2CCc2ccc(C#N)cc2)c1. The molecule has 0 bridgehead atoms. The Morgan fingerprint density at radius 3 is 2.52 bits per heavy atom. The Hall–Kier alpha value is -3.00. The molecule has 0 spiro atoms. The quantitative estimate of drug-likeness (QED) is 0.528. The van der Waals surface area contributed by atoms with Gasteiger partial charge in [0.2, 0.25) is 0 Å². The highest BCUT2D eigenvalue weighted by molar-refractivity contribution is 6.35. The zero-order valence-electron chi connectivity index (χ0n) is 15.7. The first-order valence-corrected chi connectivity index (χ1v) is 9.67. The summed E-state index contributed by atoms with van der Waals surface area (Å²) in [6, 6.07) is 18.4. The number of ether oxygens (including phenoxy) is 1. The minimum Gasteiger partial charge on any atom is -0.497 e. The van der Waals surface area contributed by atoms with Crippen LogP contribution in [-0.4, -0.2) is 11.7 Å². The first-order chi connectivity index (χ1) is 14.0. The molecule has 0 aliphatic rings. The van der Waals surface area contributed by atoms with Gasteiger partial charge < -0.3 is 9.30 Å². The van der Waals surface area contributed by atoms with E-state index in [0.717, 1.165) is 16.9 Å². The van der Waals surface area contributed by atoms with Crippen LogP contribution >= 0.6 is 23.2 Å². The molecule has 1 heterocycles. The van der Waals surface area contributed by atoms with Crippen molar-refractivity contribution in [3.05, 3.63) is 97.4 Å². The second-order valence-electron chi connectivity index (χ2n) is 6.35. The van der Waals surface area contributed by atoms with Gasteiger partial charge in [-0.05, 0) is 54.0 Å². The van der Waals surface area contributed by atoms with Crippen molar-refractivity contribution in [1.29, 1.82) is 5.26 Å². The molecular weight excluding hydrogens is 407 g/mol. The van der Waals surface area contributed by atoms with Crippen molar-refractivity contribution in [3.8, 4) is 11.8 Å². The van der Waals surface area contributed by atoms with Crippen molar-refractivity contribution in [2.24, 2.45) is 0 Å². The molecule has 0 saturated heterocycles. The van der Waals surface area contributed by atoms with Crippen LogP contribution in [0, 0.1) is 11.3 Å². The highest BCUT2D eigenvalue weighted by Crippen LogP contribution is 2.22. The van der Waals surface area contributed by atoms with E-state index in [2.05, 4.69) is 6.07 Å². The molecule has 0 aliphatic heterocycles. The van der Waals surface area contributed by atoms with Gasteiger partial charge in [-0.15, -0.1) is 0 Å². The summed E-state index contributed by atoms with van der Waals surface area (Å²) in [5.74, 6) is 0.743. The van der Waals surface area contributed by atoms with E-state index in [1.54, 1.807) is 29.9 Å². The van der Waals surface area contributed by atoms with E-state index in [-0.39, 0.29) is 10.6 Å². The fraction of sp³-hybridized carbons (Fsp3) is 0.130. The summed E-state index contributed by atoms with van der Waals surface area (Å²) in [5, 5.41) is 9.39. The van der Waals surface area contributed by atoms with Crippen molar-refractivity contribution in [2.75, 3.05) is 7.11 Å². The first-order valence-electron chi connectivity index (χ1n) is 8.92. The number of pyridine rings is 1. The summed E-state index contributed by atoms with van der Waals surface area (Å²) in [7, 11) is 1.61. The summed E-state index contributed by atoms with van der Waals surface area (Å²) >= 11 is 12.5. The van der Waals surface area contributed by atoms with E-state index in [0.29, 0.717) is 29.2 Å². The first kappa shape index (κ1) is 20.7. The molecule has 0 atom stereocenters. The number of aromatic nitrogens is 1. The number of hydrogen-bond donors (Lipinski definition) is 0. The van der Waals surface area contributed by atoms with Crippen molar-refractivity contribution < 1.29 is 4.74 Å². The predicted molar refractivity (Wildman–Crippen MR) is 118 cm³/mol. The fourth-order valence-electron chi connectivity index (χ4n) is 2.91. The molecule has 2 aromatic carbocycles. The maximum Gasteiger partial charge on any atom is 0.269 e. The third-order valence-electron chi connectivity index (χ3n) is 4.47. The number of benzene rings is 2. The second-order valence-corrected chi connectivity index (χ2v) is 7.17. The molecule has 0 aliphatic carbocycles. The van der Waals surface area contributed by atoms with Crippen LogP contribution < -0.4 is 10.3 Å². The Kier molecular flexibility index (Phi) is 6.77. The Labute approximate surface area is 179 Å². The Morgan fingerprint density at radius 2 is 1.83 bits per heavy atom. The van der Waals surface area contributed by atoms with Gasteiger partial charge >= 0.3 is 0 Å². The summed E-state index contributed by atoms with van der Waals surface area (Å²) < 4.78 is 6.81. The second kappa shape index (κ2) is 9.47. The molecular formula is C23H18Cl2N2O2. The van der Waals surface area contributed by atoms with Gasteiger partial charge in [-0.3, -0.25) is 4.79 Å². The molecule has 0 radical (unpaired) electrons. The average molecular weight is 425 g/mol. The normalized spacial score (nSPS) is 10.8. The summed E-state index contributed by atoms with van der Waals surface area (Å²) in [6.45, 7) is 0.406. The van der Waals surface area contributed by atoms with Crippen molar-refractivity contribution in [3.63, 3.8) is 0 Å². The van der Waals surface area contributed by atoms with E-state index in [9.17, 15) is 4.79 Å². The number of nitrogens with zero attached hydrogens (tertiary/aromatic N) is 2. The third-order valence-corrected chi connectivity index (χ3v) is 5.05. The zero-order valence-corrected chi connectivity index (χ0v) is 17.2. The largest absolute Gasteiger partial charge is 0.497 e. The maximum atomic E-state index is 12.7. The smallest absolute Gasteiger partial charge is 0.269 e. The van der Waals surface area contributed by atoms with Gasteiger partial charge in [0.15, 0.2) is 0 Å². The fourth-order valence-corrected chi connectivity index (χ4v) is 3.45. The van der Waals surface area contributed by atoms with Crippen LogP contribution in [0.15, 0.2) is 59.4 Å². The van der Waals surface area contributed by atoms with Gasteiger partial charge in [0.25, 0.3) is 5.56 Å². The lowest BCUT2D eigenvalue weighted by Gasteiger charge is -2.13. The Bertz CT molecular complexity index is 1140. The maximum absolute atomic E-state index is 12.7. The van der Waals surface area contributed by atoms with Crippen molar-refractivity contribution in [1.82, 2.24) is 4.57 Å². The average Bonchev–Trinajstić information content (AvgIpc) is 2.75. The lowest BCUT2D eigenvalue weighted by Crippen LogP contribution is -2.24. The van der Waals surface area contributed by atoms with Gasteiger partial charge in [0, 0.05) is 6.54 Å². The van der Waals surface area contributed by atoms with E-state index in [4.69, 9.17) is 33.2 Å². The van der Waals surface area contributed by atoms with E-state index >= 15 is 0 Å². The minimum atomic E-state index is -0.296. The third kappa shape index (κ3) is 5.08. The minimum absolute atomic E-state index is 0.0772. The Morgan fingerprint density at radius 1 is 1.07 bits per heavy atom. The number of aryl methyl sites for hydroxylation is 1. The standard InChI is InChI=1S/C23H18Cl2N2O2/c1-29-19-4-2-3-17(13-19)9-10-22-20(24)14-21(25)23(28)27(22)12-11-16-5-7-18(15-26)8-6-16/h2-10,13-14H,11-12H2,1H3/b10-9+. The number of hydrogen-bond acceptors (Lipinski definition) is 3. The monoisotopic (exact) mass is 424 g/mol. The molecule has 0 amide bonds. The van der Waals surface area contributed by atoms with Crippen LogP contribution in [0.2, 0.25) is 10.0 Å². The molecule has 0 unspecified atom stereocenters. The number of methoxy groups -OCH3 is 1. The summed E-state index contributed by atoms with van der Waals surface area (Å²) in [5.41, 5.74) is 2.81. The van der Waals surface area contributed by atoms with Crippen LogP contribution in [0.4, 0.5) is 0 Å². The molecule has 1 aromatic heterocycles. The molecule has 6 heteroatoms. The van der Waals surface area contributed by atoms with Crippen molar-refractivity contribution in [2.45, 2.75) is 13.0 Å². The molecule has 0 fully saturated rings. The highest BCUT2D eigenvalue weighted by atomic mass is 35.5. The highest BCUT2D eigenvalue weighted by Gasteiger charge is 2.11. The lowest BCUT2D eigenvalue weighted by molar-refractivity contribution is 0.414. The molecule has 0 N–H and O–H groups in total. The predicted octanol–water partition coefficient (Wildman–Crippen LogP) is 5.45. The van der Waals surface area contributed by atoms with Crippen molar-refractivity contribution >= 4 is 35.4 Å². The van der Waals surface area contributed by atoms with E-state index in [1.807, 2.05) is 42.5 Å². The van der Waals surface area contributed by atoms with Crippen LogP contribution in [0.5, 0.6) is 5.75 Å². The molecule has 3 rings (SSSR count). The van der Waals surface area contributed by atoms with Gasteiger partial charge in [-0.25, -0.2) is 0 Å². The summed E-state index contributed by atoms with van der Waals surface area (Å²) in [4.78, 5) is 12.7. The number of halogens is 2. The van der Waals surface area contributed by atoms with Gasteiger partial charge in [-0.1, -0.05) is 53.5 Å². The van der Waals surface area contributed by atoms with Gasteiger partial charge in [-0.2, -0.15) is 5.26 Å². The lowest BCUT2D eigenvalue weighted by atomic mass is 10.1. The van der Waals surface area contributed by atoms with E-state index in [1.165, 1.54) is 6.07 Å². The molecule has 29 heavy (non-hydrogen) atoms. The molecule has 0 saturated carbocycles. The zero-order chi connectivity index (χ0) is 20.8. The number of nitriles is 1. The van der Waals surface area contributed by atoms with Gasteiger partial charge in [0.05, 0.1) is 29.5 Å². The van der Waals surface area contributed by atoms with Crippen LogP contribution in [0.25, 0.3) is 12.2 Å². The molecule has 146 valence electrons. The van der Waals surface area contributed by atoms with Gasteiger partial charge in [0.1, 0.15) is 10.8 Å². The molecule has 4 nitrogen and oxygen atoms in total.